The van der Waals surface area contributed by atoms with E-state index in [1.54, 1.807) is 20.8 Å². The summed E-state index contributed by atoms with van der Waals surface area (Å²) in [5, 5.41) is 2.72. The number of hydrogen-bond donors (Lipinski definition) is 1. The van der Waals surface area contributed by atoms with Gasteiger partial charge in [0.2, 0.25) is 11.8 Å². The number of amides is 2. The number of nitrogens with zero attached hydrogens (tertiary/aromatic N) is 1. The zero-order valence-electron chi connectivity index (χ0n) is 13.5. The van der Waals surface area contributed by atoms with Crippen LogP contribution < -0.4 is 5.32 Å². The number of sulfone groups is 1. The van der Waals surface area contributed by atoms with Crippen molar-refractivity contribution >= 4 is 21.7 Å². The van der Waals surface area contributed by atoms with Crippen molar-refractivity contribution in [2.75, 3.05) is 18.1 Å². The molecule has 1 aliphatic heterocycles. The van der Waals surface area contributed by atoms with Crippen molar-refractivity contribution in [2.45, 2.75) is 52.6 Å². The first-order valence-corrected chi connectivity index (χ1v) is 9.16. The first kappa shape index (κ1) is 17.9. The van der Waals surface area contributed by atoms with E-state index in [2.05, 4.69) is 5.32 Å². The second kappa shape index (κ2) is 6.34. The van der Waals surface area contributed by atoms with Gasteiger partial charge >= 0.3 is 0 Å². The predicted octanol–water partition coefficient (Wildman–Crippen LogP) is 0.573. The molecule has 1 heterocycles. The van der Waals surface area contributed by atoms with Gasteiger partial charge < -0.3 is 10.2 Å². The predicted molar refractivity (Wildman–Crippen MR) is 81.5 cm³/mol. The van der Waals surface area contributed by atoms with Crippen LogP contribution in [0, 0.1) is 5.92 Å². The van der Waals surface area contributed by atoms with E-state index in [4.69, 9.17) is 0 Å². The largest absolute Gasteiger partial charge is 0.340 e. The van der Waals surface area contributed by atoms with Gasteiger partial charge in [-0.2, -0.15) is 0 Å². The van der Waals surface area contributed by atoms with E-state index >= 15 is 0 Å². The Balaban J connectivity index is 2.99. The molecule has 0 radical (unpaired) electrons. The van der Waals surface area contributed by atoms with Crippen LogP contribution in [-0.2, 0) is 19.4 Å². The Bertz CT molecular complexity index is 511. The lowest BCUT2D eigenvalue weighted by Gasteiger charge is -2.43. The van der Waals surface area contributed by atoms with Crippen LogP contribution in [0.25, 0.3) is 0 Å². The summed E-state index contributed by atoms with van der Waals surface area (Å²) in [5.74, 6) is -0.256. The minimum Gasteiger partial charge on any atom is -0.340 e. The van der Waals surface area contributed by atoms with Gasteiger partial charge in [-0.15, -0.1) is 0 Å². The fourth-order valence-electron chi connectivity index (χ4n) is 2.41. The van der Waals surface area contributed by atoms with Crippen molar-refractivity contribution in [1.82, 2.24) is 10.2 Å². The van der Waals surface area contributed by atoms with Crippen molar-refractivity contribution in [2.24, 2.45) is 5.92 Å². The molecule has 0 saturated carbocycles. The van der Waals surface area contributed by atoms with Crippen molar-refractivity contribution in [3.8, 4) is 0 Å². The summed E-state index contributed by atoms with van der Waals surface area (Å²) in [7, 11) is -3.17. The van der Waals surface area contributed by atoms with Crippen molar-refractivity contribution in [3.05, 3.63) is 0 Å². The van der Waals surface area contributed by atoms with Gasteiger partial charge in [0.15, 0.2) is 9.84 Å². The number of nitrogens with one attached hydrogen (secondary N) is 1. The van der Waals surface area contributed by atoms with Gasteiger partial charge in [0.25, 0.3) is 0 Å². The highest BCUT2D eigenvalue weighted by molar-refractivity contribution is 7.91. The number of carbonyl (C=O) groups excluding carboxylic acids is 2. The Morgan fingerprint density at radius 2 is 1.86 bits per heavy atom. The Hall–Kier alpha value is -1.11. The molecule has 21 heavy (non-hydrogen) atoms. The van der Waals surface area contributed by atoms with Crippen LogP contribution in [0.3, 0.4) is 0 Å². The smallest absolute Gasteiger partial charge is 0.248 e. The average molecular weight is 318 g/mol. The van der Waals surface area contributed by atoms with Gasteiger partial charge in [0.05, 0.1) is 5.75 Å². The molecule has 1 atom stereocenters. The summed E-state index contributed by atoms with van der Waals surface area (Å²) in [4.78, 5) is 26.2. The molecule has 1 fully saturated rings. The fourth-order valence-corrected chi connectivity index (χ4v) is 3.17. The van der Waals surface area contributed by atoms with Crippen LogP contribution >= 0.6 is 0 Å². The zero-order valence-corrected chi connectivity index (χ0v) is 14.3. The molecule has 1 N–H and O–H groups in total. The molecule has 0 aromatic carbocycles. The average Bonchev–Trinajstić information content (AvgIpc) is 2.34. The first-order chi connectivity index (χ1) is 9.50. The van der Waals surface area contributed by atoms with E-state index in [-0.39, 0.29) is 35.8 Å². The van der Waals surface area contributed by atoms with Gasteiger partial charge in [-0.3, -0.25) is 9.59 Å². The second-order valence-electron chi connectivity index (χ2n) is 6.49. The lowest BCUT2D eigenvalue weighted by atomic mass is 9.92. The molecule has 0 aromatic rings. The molecular weight excluding hydrogens is 292 g/mol. The highest BCUT2D eigenvalue weighted by atomic mass is 32.2. The summed E-state index contributed by atoms with van der Waals surface area (Å²) in [6.45, 7) is 8.87. The fraction of sp³-hybridized carbons (Fsp3) is 0.857. The Labute approximate surface area is 127 Å². The molecule has 7 heteroatoms. The quantitative estimate of drug-likeness (QED) is 0.776. The van der Waals surface area contributed by atoms with Crippen LogP contribution in [0.5, 0.6) is 0 Å². The van der Waals surface area contributed by atoms with Crippen molar-refractivity contribution in [3.63, 3.8) is 0 Å². The van der Waals surface area contributed by atoms with Crippen LogP contribution in [0.4, 0.5) is 0 Å². The number of hydrogen-bond acceptors (Lipinski definition) is 4. The highest BCUT2D eigenvalue weighted by Crippen LogP contribution is 2.22. The van der Waals surface area contributed by atoms with Crippen LogP contribution in [0.1, 0.15) is 41.0 Å². The molecule has 0 bridgehead atoms. The molecule has 2 amide bonds. The third kappa shape index (κ3) is 4.43. The zero-order chi connectivity index (χ0) is 16.4. The third-order valence-corrected chi connectivity index (χ3v) is 5.37. The van der Waals surface area contributed by atoms with Gasteiger partial charge in [-0.25, -0.2) is 8.42 Å². The number of carbonyl (C=O) groups is 2. The normalized spacial score (nSPS) is 22.6. The highest BCUT2D eigenvalue weighted by Gasteiger charge is 2.45. The van der Waals surface area contributed by atoms with Crippen LogP contribution in [0.2, 0.25) is 0 Å². The molecule has 0 spiro atoms. The lowest BCUT2D eigenvalue weighted by molar-refractivity contribution is -0.153. The van der Waals surface area contributed by atoms with E-state index in [1.807, 2.05) is 13.8 Å². The monoisotopic (exact) mass is 318 g/mol. The first-order valence-electron chi connectivity index (χ1n) is 7.33. The molecule has 1 unspecified atom stereocenters. The Kier molecular flexibility index (Phi) is 5.41. The maximum absolute atomic E-state index is 12.5. The summed E-state index contributed by atoms with van der Waals surface area (Å²) in [6, 6.07) is -0.586. The summed E-state index contributed by atoms with van der Waals surface area (Å²) < 4.78 is 23.4. The maximum Gasteiger partial charge on any atom is 0.248 e. The van der Waals surface area contributed by atoms with Gasteiger partial charge in [0, 0.05) is 12.3 Å². The SMILES string of the molecule is CCS(=O)(=O)CCN1C(=O)C(C)(C)NC(=O)C1CC(C)C. The minimum atomic E-state index is -3.17. The number of piperazine rings is 1. The molecule has 0 aromatic heterocycles. The van der Waals surface area contributed by atoms with E-state index in [0.29, 0.717) is 6.42 Å². The van der Waals surface area contributed by atoms with Crippen molar-refractivity contribution in [1.29, 1.82) is 0 Å². The van der Waals surface area contributed by atoms with Crippen LogP contribution in [-0.4, -0.2) is 54.8 Å². The molecule has 1 saturated heterocycles. The Morgan fingerprint density at radius 1 is 1.29 bits per heavy atom. The van der Waals surface area contributed by atoms with Crippen molar-refractivity contribution < 1.29 is 18.0 Å². The van der Waals surface area contributed by atoms with E-state index in [9.17, 15) is 18.0 Å². The number of rotatable bonds is 6. The second-order valence-corrected chi connectivity index (χ2v) is 8.97. The molecular formula is C14H26N2O4S. The van der Waals surface area contributed by atoms with E-state index in [0.717, 1.165) is 0 Å². The molecule has 1 aliphatic rings. The third-order valence-electron chi connectivity index (χ3n) is 3.69. The maximum atomic E-state index is 12.5. The topological polar surface area (TPSA) is 83.6 Å². The van der Waals surface area contributed by atoms with Gasteiger partial charge in [0.1, 0.15) is 11.6 Å². The molecule has 6 nitrogen and oxygen atoms in total. The van der Waals surface area contributed by atoms with Gasteiger partial charge in [-0.1, -0.05) is 20.8 Å². The Morgan fingerprint density at radius 3 is 2.33 bits per heavy atom. The van der Waals surface area contributed by atoms with E-state index in [1.165, 1.54) is 4.90 Å². The van der Waals surface area contributed by atoms with E-state index < -0.39 is 21.4 Å². The molecule has 122 valence electrons. The minimum absolute atomic E-state index is 0.0411. The van der Waals surface area contributed by atoms with Gasteiger partial charge in [-0.05, 0) is 26.2 Å². The summed E-state index contributed by atoms with van der Waals surface area (Å²) in [6.07, 6.45) is 0.528. The summed E-state index contributed by atoms with van der Waals surface area (Å²) in [5.41, 5.74) is -0.986. The lowest BCUT2D eigenvalue weighted by Crippen LogP contribution is -2.68. The molecule has 1 rings (SSSR count). The van der Waals surface area contributed by atoms with Crippen LogP contribution in [0.15, 0.2) is 0 Å². The standard InChI is InChI=1S/C14H26N2O4S/c1-6-21(19,20)8-7-16-11(9-10(2)3)12(17)15-14(4,5)13(16)18/h10-11H,6-9H2,1-5H3,(H,15,17). The molecule has 0 aliphatic carbocycles. The summed E-state index contributed by atoms with van der Waals surface area (Å²) >= 11 is 0.